The Kier molecular flexibility index (Phi) is 4.90. The minimum Gasteiger partial charge on any atom is -0.328 e. The van der Waals surface area contributed by atoms with Gasteiger partial charge in [0, 0.05) is 15.8 Å². The maximum Gasteiger partial charge on any atom is 0.0151 e. The summed E-state index contributed by atoms with van der Waals surface area (Å²) in [5, 5.41) is 0. The average Bonchev–Trinajstić information content (AvgIpc) is 2.36. The molecule has 2 heteroatoms. The number of hydrogen-bond donors (Lipinski definition) is 1. The summed E-state index contributed by atoms with van der Waals surface area (Å²) in [6, 6.07) is 13.5. The Balaban J connectivity index is 2.19. The Morgan fingerprint density at radius 1 is 0.950 bits per heavy atom. The molecule has 0 heterocycles. The van der Waals surface area contributed by atoms with Crippen molar-refractivity contribution in [3.05, 3.63) is 58.7 Å². The van der Waals surface area contributed by atoms with Crippen molar-refractivity contribution in [2.45, 2.75) is 49.9 Å². The fourth-order valence-corrected chi connectivity index (χ4v) is 3.21. The van der Waals surface area contributed by atoms with Gasteiger partial charge in [0.05, 0.1) is 0 Å². The molecule has 2 aromatic rings. The lowest BCUT2D eigenvalue weighted by molar-refractivity contribution is 0.737. The molecule has 0 saturated carbocycles. The van der Waals surface area contributed by atoms with E-state index in [0.29, 0.717) is 0 Å². The van der Waals surface area contributed by atoms with Gasteiger partial charge < -0.3 is 5.73 Å². The molecule has 0 bridgehead atoms. The molecule has 20 heavy (non-hydrogen) atoms. The van der Waals surface area contributed by atoms with Gasteiger partial charge in [0.15, 0.2) is 0 Å². The Labute approximate surface area is 126 Å². The zero-order valence-electron chi connectivity index (χ0n) is 12.7. The van der Waals surface area contributed by atoms with Gasteiger partial charge in [-0.3, -0.25) is 0 Å². The second kappa shape index (κ2) is 6.47. The van der Waals surface area contributed by atoms with Gasteiger partial charge in [-0.1, -0.05) is 30.0 Å². The first kappa shape index (κ1) is 15.1. The summed E-state index contributed by atoms with van der Waals surface area (Å²) in [5.74, 6) is 0. The summed E-state index contributed by atoms with van der Waals surface area (Å²) in [6.45, 7) is 8.54. The summed E-state index contributed by atoms with van der Waals surface area (Å²) in [6.07, 6.45) is 0.940. The molecule has 2 rings (SSSR count). The Morgan fingerprint density at radius 3 is 2.30 bits per heavy atom. The van der Waals surface area contributed by atoms with Crippen LogP contribution in [0.15, 0.2) is 46.2 Å². The summed E-state index contributed by atoms with van der Waals surface area (Å²) in [4.78, 5) is 2.62. The van der Waals surface area contributed by atoms with Gasteiger partial charge >= 0.3 is 0 Å². The summed E-state index contributed by atoms with van der Waals surface area (Å²) < 4.78 is 0. The van der Waals surface area contributed by atoms with Crippen LogP contribution in [0.1, 0.15) is 29.2 Å². The van der Waals surface area contributed by atoms with Crippen molar-refractivity contribution >= 4 is 11.8 Å². The van der Waals surface area contributed by atoms with Gasteiger partial charge in [-0.25, -0.2) is 0 Å². The molecule has 0 spiro atoms. The number of rotatable bonds is 4. The molecular formula is C18H23NS. The number of aryl methyl sites for hydroxylation is 3. The first-order valence-corrected chi connectivity index (χ1v) is 7.87. The van der Waals surface area contributed by atoms with E-state index < -0.39 is 0 Å². The van der Waals surface area contributed by atoms with E-state index in [2.05, 4.69) is 57.2 Å². The van der Waals surface area contributed by atoms with Crippen LogP contribution in [0.25, 0.3) is 0 Å². The van der Waals surface area contributed by atoms with Crippen molar-refractivity contribution in [1.82, 2.24) is 0 Å². The summed E-state index contributed by atoms with van der Waals surface area (Å²) in [5.41, 5.74) is 11.2. The molecule has 1 nitrogen and oxygen atoms in total. The standard InChI is InChI=1S/C18H23NS/c1-12-5-7-17(10-13(12)2)20-18-8-6-16(9-14(18)3)11-15(4)19/h5-10,15H,11,19H2,1-4H3. The Morgan fingerprint density at radius 2 is 1.70 bits per heavy atom. The van der Waals surface area contributed by atoms with Crippen LogP contribution >= 0.6 is 11.8 Å². The van der Waals surface area contributed by atoms with Gasteiger partial charge in [0.2, 0.25) is 0 Å². The lowest BCUT2D eigenvalue weighted by Crippen LogP contribution is -2.17. The van der Waals surface area contributed by atoms with Crippen LogP contribution < -0.4 is 5.73 Å². The maximum absolute atomic E-state index is 5.86. The largest absolute Gasteiger partial charge is 0.328 e. The molecule has 1 atom stereocenters. The van der Waals surface area contributed by atoms with Crippen LogP contribution in [-0.2, 0) is 6.42 Å². The van der Waals surface area contributed by atoms with Gasteiger partial charge in [0.1, 0.15) is 0 Å². The highest BCUT2D eigenvalue weighted by molar-refractivity contribution is 7.99. The third-order valence-electron chi connectivity index (χ3n) is 3.50. The van der Waals surface area contributed by atoms with E-state index in [0.717, 1.165) is 6.42 Å². The second-order valence-electron chi connectivity index (χ2n) is 5.63. The third-order valence-corrected chi connectivity index (χ3v) is 4.67. The smallest absolute Gasteiger partial charge is 0.0151 e. The van der Waals surface area contributed by atoms with Gasteiger partial charge in [-0.05, 0) is 74.6 Å². The Hall–Kier alpha value is -1.25. The van der Waals surface area contributed by atoms with Gasteiger partial charge in [-0.15, -0.1) is 0 Å². The zero-order chi connectivity index (χ0) is 14.7. The van der Waals surface area contributed by atoms with E-state index >= 15 is 0 Å². The van der Waals surface area contributed by atoms with Gasteiger partial charge in [0.25, 0.3) is 0 Å². The fourth-order valence-electron chi connectivity index (χ4n) is 2.23. The minimum absolute atomic E-state index is 0.215. The van der Waals surface area contributed by atoms with Gasteiger partial charge in [-0.2, -0.15) is 0 Å². The van der Waals surface area contributed by atoms with Crippen molar-refractivity contribution in [3.63, 3.8) is 0 Å². The van der Waals surface area contributed by atoms with Crippen LogP contribution in [0, 0.1) is 20.8 Å². The van der Waals surface area contributed by atoms with E-state index in [1.54, 1.807) is 0 Å². The molecule has 2 N–H and O–H groups in total. The van der Waals surface area contributed by atoms with Crippen molar-refractivity contribution in [2.75, 3.05) is 0 Å². The molecule has 0 aliphatic carbocycles. The van der Waals surface area contributed by atoms with E-state index in [1.807, 2.05) is 18.7 Å². The third kappa shape index (κ3) is 3.87. The summed E-state index contributed by atoms with van der Waals surface area (Å²) in [7, 11) is 0. The van der Waals surface area contributed by atoms with Crippen molar-refractivity contribution in [1.29, 1.82) is 0 Å². The normalized spacial score (nSPS) is 12.4. The molecule has 0 aliphatic heterocycles. The summed E-state index contributed by atoms with van der Waals surface area (Å²) >= 11 is 1.83. The van der Waals surface area contributed by atoms with E-state index in [9.17, 15) is 0 Å². The van der Waals surface area contributed by atoms with Crippen molar-refractivity contribution in [3.8, 4) is 0 Å². The predicted molar refractivity (Wildman–Crippen MR) is 88.6 cm³/mol. The monoisotopic (exact) mass is 285 g/mol. The zero-order valence-corrected chi connectivity index (χ0v) is 13.6. The number of hydrogen-bond acceptors (Lipinski definition) is 2. The number of benzene rings is 2. The van der Waals surface area contributed by atoms with E-state index in [-0.39, 0.29) is 6.04 Å². The highest BCUT2D eigenvalue weighted by Gasteiger charge is 2.05. The second-order valence-corrected chi connectivity index (χ2v) is 6.74. The maximum atomic E-state index is 5.86. The molecule has 0 aromatic heterocycles. The SMILES string of the molecule is Cc1ccc(Sc2ccc(CC(C)N)cc2C)cc1C. The quantitative estimate of drug-likeness (QED) is 0.884. The van der Waals surface area contributed by atoms with Crippen LogP contribution in [0.5, 0.6) is 0 Å². The fraction of sp³-hybridized carbons (Fsp3) is 0.333. The molecular weight excluding hydrogens is 262 g/mol. The topological polar surface area (TPSA) is 26.0 Å². The molecule has 0 amide bonds. The van der Waals surface area contributed by atoms with Crippen molar-refractivity contribution in [2.24, 2.45) is 5.73 Å². The average molecular weight is 285 g/mol. The Bertz CT molecular complexity index is 602. The number of nitrogens with two attached hydrogens (primary N) is 1. The first-order valence-electron chi connectivity index (χ1n) is 7.06. The highest BCUT2D eigenvalue weighted by atomic mass is 32.2. The molecule has 0 radical (unpaired) electrons. The van der Waals surface area contributed by atoms with E-state index in [4.69, 9.17) is 5.73 Å². The molecule has 1 unspecified atom stereocenters. The van der Waals surface area contributed by atoms with Crippen LogP contribution in [0.4, 0.5) is 0 Å². The van der Waals surface area contributed by atoms with Crippen LogP contribution in [-0.4, -0.2) is 6.04 Å². The van der Waals surface area contributed by atoms with Crippen LogP contribution in [0.2, 0.25) is 0 Å². The van der Waals surface area contributed by atoms with E-state index in [1.165, 1.54) is 32.0 Å². The molecule has 0 fully saturated rings. The predicted octanol–water partition coefficient (Wildman–Crippen LogP) is 4.65. The minimum atomic E-state index is 0.215. The van der Waals surface area contributed by atoms with Crippen molar-refractivity contribution < 1.29 is 0 Å². The molecule has 2 aromatic carbocycles. The molecule has 106 valence electrons. The molecule has 0 saturated heterocycles. The van der Waals surface area contributed by atoms with Crippen LogP contribution in [0.3, 0.4) is 0 Å². The lowest BCUT2D eigenvalue weighted by Gasteiger charge is -2.11. The first-order chi connectivity index (χ1) is 9.45. The molecule has 0 aliphatic rings. The lowest BCUT2D eigenvalue weighted by atomic mass is 10.1. The highest BCUT2D eigenvalue weighted by Crippen LogP contribution is 2.31.